The molecule has 0 atom stereocenters. The van der Waals surface area contributed by atoms with Gasteiger partial charge in [-0.3, -0.25) is 0 Å². The summed E-state index contributed by atoms with van der Waals surface area (Å²) in [6, 6.07) is 8.47. The van der Waals surface area contributed by atoms with Crippen molar-refractivity contribution in [2.45, 2.75) is 13.8 Å². The van der Waals surface area contributed by atoms with Crippen LogP contribution in [-0.4, -0.2) is 8.75 Å². The number of hydrogen-bond acceptors (Lipinski definition) is 8. The molecule has 5 aromatic rings. The third-order valence-corrected chi connectivity index (χ3v) is 10.1. The SMILES string of the molecule is Cc1cc(-c2cc3c(cc(-c4cc(C)c(Br)s4)c4nsnc43)c(N)c2N=S)sc1Br. The number of aromatic nitrogens is 2. The molecule has 0 unspecified atom stereocenters. The zero-order valence-corrected chi connectivity index (χ0v) is 22.1. The molecule has 0 saturated heterocycles. The Balaban J connectivity index is 1.88. The summed E-state index contributed by atoms with van der Waals surface area (Å²) in [5.41, 5.74) is 13.9. The quantitative estimate of drug-likeness (QED) is 0.213. The fourth-order valence-electron chi connectivity index (χ4n) is 3.47. The second-order valence-electron chi connectivity index (χ2n) is 6.89. The third kappa shape index (κ3) is 3.16. The van der Waals surface area contributed by atoms with Gasteiger partial charge in [-0.25, -0.2) is 0 Å². The standard InChI is InChI=1S/C20H12Br2N4S4/c1-7-3-13(28-19(7)21)11-6-10-9(15(23)16(11)24-27)5-12(18-17(10)25-30-26-18)14-4-8(2)20(22)29-14/h3-6H,23H2,1-2H3. The van der Waals surface area contributed by atoms with Crippen molar-refractivity contribution < 1.29 is 0 Å². The molecule has 2 aromatic carbocycles. The van der Waals surface area contributed by atoms with Crippen LogP contribution in [0.3, 0.4) is 0 Å². The Labute approximate surface area is 206 Å². The summed E-state index contributed by atoms with van der Waals surface area (Å²) in [7, 11) is 0. The second-order valence-corrected chi connectivity index (χ2v) is 12.3. The number of benzene rings is 2. The van der Waals surface area contributed by atoms with Gasteiger partial charge in [0.05, 0.1) is 25.0 Å². The van der Waals surface area contributed by atoms with E-state index < -0.39 is 0 Å². The first-order valence-electron chi connectivity index (χ1n) is 8.76. The molecule has 0 fully saturated rings. The van der Waals surface area contributed by atoms with Gasteiger partial charge in [-0.05, 0) is 81.1 Å². The number of nitrogens with two attached hydrogens (primary N) is 1. The minimum atomic E-state index is 0.572. The molecule has 0 saturated carbocycles. The van der Waals surface area contributed by atoms with Crippen LogP contribution in [0.25, 0.3) is 42.7 Å². The fraction of sp³-hybridized carbons (Fsp3) is 0.100. The number of halogens is 2. The van der Waals surface area contributed by atoms with Gasteiger partial charge in [-0.1, -0.05) is 0 Å². The lowest BCUT2D eigenvalue weighted by molar-refractivity contribution is 1.52. The summed E-state index contributed by atoms with van der Waals surface area (Å²) in [5.74, 6) is 0. The van der Waals surface area contributed by atoms with Gasteiger partial charge in [0.25, 0.3) is 0 Å². The van der Waals surface area contributed by atoms with Crippen molar-refractivity contribution in [2.24, 2.45) is 4.36 Å². The molecule has 0 amide bonds. The number of nitrogens with zero attached hydrogens (tertiary/aromatic N) is 3. The topological polar surface area (TPSA) is 64.2 Å². The smallest absolute Gasteiger partial charge is 0.114 e. The number of hydrogen-bond donors (Lipinski definition) is 1. The van der Waals surface area contributed by atoms with Crippen molar-refractivity contribution in [2.75, 3.05) is 5.73 Å². The number of rotatable bonds is 3. The molecule has 0 aliphatic carbocycles. The van der Waals surface area contributed by atoms with Gasteiger partial charge in [0, 0.05) is 44.1 Å². The zero-order chi connectivity index (χ0) is 21.2. The van der Waals surface area contributed by atoms with E-state index in [4.69, 9.17) is 18.2 Å². The number of fused-ring (bicyclic) bond motifs is 3. The van der Waals surface area contributed by atoms with E-state index in [9.17, 15) is 0 Å². The van der Waals surface area contributed by atoms with Crippen molar-refractivity contribution >= 4 is 112 Å². The fourth-order valence-corrected chi connectivity index (χ4v) is 7.35. The monoisotopic (exact) mass is 594 g/mol. The van der Waals surface area contributed by atoms with Crippen LogP contribution in [0.5, 0.6) is 0 Å². The van der Waals surface area contributed by atoms with Crippen LogP contribution < -0.4 is 5.73 Å². The molecular weight excluding hydrogens is 584 g/mol. The zero-order valence-electron chi connectivity index (χ0n) is 15.6. The number of anilines is 1. The van der Waals surface area contributed by atoms with Gasteiger partial charge in [-0.15, -0.1) is 22.7 Å². The lowest BCUT2D eigenvalue weighted by Crippen LogP contribution is -1.92. The van der Waals surface area contributed by atoms with E-state index in [0.717, 1.165) is 50.3 Å². The minimum absolute atomic E-state index is 0.572. The molecule has 2 N–H and O–H groups in total. The van der Waals surface area contributed by atoms with E-state index in [0.29, 0.717) is 11.4 Å². The number of thiophene rings is 2. The van der Waals surface area contributed by atoms with E-state index >= 15 is 0 Å². The normalized spacial score (nSPS) is 11.6. The number of aryl methyl sites for hydroxylation is 2. The lowest BCUT2D eigenvalue weighted by Gasteiger charge is -2.12. The molecule has 150 valence electrons. The Morgan fingerprint density at radius 1 is 0.867 bits per heavy atom. The van der Waals surface area contributed by atoms with Crippen LogP contribution in [0.1, 0.15) is 11.1 Å². The average molecular weight is 596 g/mol. The minimum Gasteiger partial charge on any atom is -0.396 e. The van der Waals surface area contributed by atoms with Gasteiger partial charge in [0.2, 0.25) is 0 Å². The van der Waals surface area contributed by atoms with Crippen LogP contribution in [-0.2, 0) is 12.4 Å². The number of nitrogen functional groups attached to an aromatic ring is 1. The second kappa shape index (κ2) is 7.68. The summed E-state index contributed by atoms with van der Waals surface area (Å²) in [4.78, 5) is 2.19. The molecule has 5 rings (SSSR count). The Morgan fingerprint density at radius 2 is 1.43 bits per heavy atom. The van der Waals surface area contributed by atoms with E-state index in [1.807, 2.05) is 0 Å². The highest BCUT2D eigenvalue weighted by molar-refractivity contribution is 9.11. The molecule has 0 bridgehead atoms. The van der Waals surface area contributed by atoms with Gasteiger partial charge >= 0.3 is 0 Å². The first kappa shape index (κ1) is 20.6. The molecule has 30 heavy (non-hydrogen) atoms. The summed E-state index contributed by atoms with van der Waals surface area (Å²) in [5, 5.41) is 1.86. The largest absolute Gasteiger partial charge is 0.396 e. The maximum atomic E-state index is 6.64. The Bertz CT molecular complexity index is 1440. The van der Waals surface area contributed by atoms with Crippen molar-refractivity contribution in [1.82, 2.24) is 8.75 Å². The Kier molecular flexibility index (Phi) is 5.27. The summed E-state index contributed by atoms with van der Waals surface area (Å²) in [6.07, 6.45) is 0. The van der Waals surface area contributed by atoms with E-state index in [1.54, 1.807) is 22.7 Å². The molecule has 4 nitrogen and oxygen atoms in total. The Morgan fingerprint density at radius 3 is 2.00 bits per heavy atom. The molecule has 3 aromatic heterocycles. The third-order valence-electron chi connectivity index (χ3n) is 5.00. The molecule has 0 aliphatic rings. The molecular formula is C20H12Br2N4S4. The molecule has 0 aliphatic heterocycles. The van der Waals surface area contributed by atoms with E-state index in [-0.39, 0.29) is 0 Å². The van der Waals surface area contributed by atoms with E-state index in [2.05, 4.69) is 83.1 Å². The van der Waals surface area contributed by atoms with Crippen LogP contribution in [0.15, 0.2) is 36.2 Å². The highest BCUT2D eigenvalue weighted by Crippen LogP contribution is 2.48. The molecule has 0 radical (unpaired) electrons. The first-order chi connectivity index (χ1) is 14.4. The lowest BCUT2D eigenvalue weighted by atomic mass is 9.97. The van der Waals surface area contributed by atoms with Crippen LogP contribution in [0.2, 0.25) is 0 Å². The maximum absolute atomic E-state index is 6.64. The molecule has 3 heterocycles. The average Bonchev–Trinajstić information content (AvgIpc) is 3.42. The van der Waals surface area contributed by atoms with Gasteiger partial charge in [-0.2, -0.15) is 13.1 Å². The van der Waals surface area contributed by atoms with Crippen LogP contribution in [0, 0.1) is 13.8 Å². The molecule has 10 heteroatoms. The maximum Gasteiger partial charge on any atom is 0.114 e. The highest BCUT2D eigenvalue weighted by atomic mass is 79.9. The van der Waals surface area contributed by atoms with Crippen molar-refractivity contribution in [3.8, 4) is 20.9 Å². The predicted molar refractivity (Wildman–Crippen MR) is 140 cm³/mol. The Hall–Kier alpha value is -1.30. The van der Waals surface area contributed by atoms with E-state index in [1.165, 1.54) is 22.9 Å². The summed E-state index contributed by atoms with van der Waals surface area (Å²) >= 11 is 16.9. The van der Waals surface area contributed by atoms with Crippen molar-refractivity contribution in [3.63, 3.8) is 0 Å². The molecule has 0 spiro atoms. The summed E-state index contributed by atoms with van der Waals surface area (Å²) in [6.45, 7) is 4.15. The first-order valence-corrected chi connectivity index (χ1v) is 13.1. The van der Waals surface area contributed by atoms with Crippen molar-refractivity contribution in [3.05, 3.63) is 43.0 Å². The summed E-state index contributed by atoms with van der Waals surface area (Å²) < 4.78 is 15.6. The van der Waals surface area contributed by atoms with Gasteiger partial charge < -0.3 is 5.73 Å². The van der Waals surface area contributed by atoms with Crippen LogP contribution in [0.4, 0.5) is 11.4 Å². The van der Waals surface area contributed by atoms with Crippen LogP contribution >= 0.6 is 66.3 Å². The highest BCUT2D eigenvalue weighted by Gasteiger charge is 2.21. The predicted octanol–water partition coefficient (Wildman–Crippen LogP) is 8.39. The van der Waals surface area contributed by atoms with Gasteiger partial charge in [0.1, 0.15) is 16.7 Å². The van der Waals surface area contributed by atoms with Crippen molar-refractivity contribution in [1.29, 1.82) is 0 Å². The van der Waals surface area contributed by atoms with Gasteiger partial charge in [0.15, 0.2) is 0 Å².